The second kappa shape index (κ2) is 5.37. The first-order valence-corrected chi connectivity index (χ1v) is 7.60. The fourth-order valence-electron chi connectivity index (χ4n) is 2.92. The summed E-state index contributed by atoms with van der Waals surface area (Å²) in [6.45, 7) is 6.87. The van der Waals surface area contributed by atoms with Crippen LogP contribution >= 0.6 is 0 Å². The van der Waals surface area contributed by atoms with Gasteiger partial charge in [0.15, 0.2) is 0 Å². The third-order valence-corrected chi connectivity index (χ3v) is 3.76. The van der Waals surface area contributed by atoms with Crippen molar-refractivity contribution >= 4 is 10.8 Å². The van der Waals surface area contributed by atoms with Crippen LogP contribution in [0.1, 0.15) is 26.3 Å². The first kappa shape index (κ1) is 13.9. The van der Waals surface area contributed by atoms with Crippen molar-refractivity contribution in [3.05, 3.63) is 72.3 Å². The Balaban J connectivity index is 2.09. The molecule has 0 radical (unpaired) electrons. The van der Waals surface area contributed by atoms with Gasteiger partial charge in [0.25, 0.3) is 0 Å². The minimum atomic E-state index is 0.324. The molecule has 0 N–H and O–H groups in total. The van der Waals surface area contributed by atoms with E-state index in [-0.39, 0.29) is 0 Å². The lowest BCUT2D eigenvalue weighted by Crippen LogP contribution is -2.08. The van der Waals surface area contributed by atoms with Gasteiger partial charge in [0.2, 0.25) is 0 Å². The molecule has 21 heavy (non-hydrogen) atoms. The van der Waals surface area contributed by atoms with Crippen LogP contribution in [-0.2, 0) is 6.42 Å². The summed E-state index contributed by atoms with van der Waals surface area (Å²) in [7, 11) is 0. The highest BCUT2D eigenvalue weighted by molar-refractivity contribution is 5.96. The molecule has 3 aromatic rings. The summed E-state index contributed by atoms with van der Waals surface area (Å²) in [5.41, 5.74) is 4.34. The van der Waals surface area contributed by atoms with Crippen LogP contribution in [0.2, 0.25) is 0 Å². The first-order chi connectivity index (χ1) is 10.0. The third kappa shape index (κ3) is 3.16. The van der Waals surface area contributed by atoms with E-state index >= 15 is 0 Å². The highest BCUT2D eigenvalue weighted by atomic mass is 14.2. The lowest BCUT2D eigenvalue weighted by atomic mass is 9.87. The zero-order valence-electron chi connectivity index (χ0n) is 13.1. The maximum absolute atomic E-state index is 2.34. The summed E-state index contributed by atoms with van der Waals surface area (Å²) in [6, 6.07) is 24.1. The molecule has 3 rings (SSSR count). The predicted octanol–water partition coefficient (Wildman–Crippen LogP) is 6.10. The maximum Gasteiger partial charge on any atom is -0.0105 e. The van der Waals surface area contributed by atoms with Gasteiger partial charge in [-0.1, -0.05) is 87.5 Å². The number of hydrogen-bond acceptors (Lipinski definition) is 0. The molecule has 3 aromatic carbocycles. The molecule has 0 aromatic heterocycles. The molecule has 0 spiro atoms. The van der Waals surface area contributed by atoms with Crippen LogP contribution < -0.4 is 0 Å². The highest BCUT2D eigenvalue weighted by Gasteiger charge is 2.12. The highest BCUT2D eigenvalue weighted by Crippen LogP contribution is 2.30. The quantitative estimate of drug-likeness (QED) is 0.530. The number of rotatable bonds is 2. The Bertz CT molecular complexity index is 746. The van der Waals surface area contributed by atoms with Gasteiger partial charge in [-0.05, 0) is 39.3 Å². The van der Waals surface area contributed by atoms with E-state index in [4.69, 9.17) is 0 Å². The van der Waals surface area contributed by atoms with E-state index in [1.807, 2.05) is 0 Å². The molecular formula is C21H22. The van der Waals surface area contributed by atoms with Crippen molar-refractivity contribution in [2.24, 2.45) is 5.41 Å². The Kier molecular flexibility index (Phi) is 3.55. The standard InChI is InChI=1S/C21H22/c1-21(2,3)15-16-12-13-20-18(14-16)10-7-11-19(20)17-8-5-4-6-9-17/h4-14H,15H2,1-3H3. The topological polar surface area (TPSA) is 0 Å². The van der Waals surface area contributed by atoms with Crippen LogP contribution in [0, 0.1) is 5.41 Å². The van der Waals surface area contributed by atoms with E-state index < -0.39 is 0 Å². The zero-order valence-corrected chi connectivity index (χ0v) is 13.1. The van der Waals surface area contributed by atoms with Crippen LogP contribution in [0.4, 0.5) is 0 Å². The van der Waals surface area contributed by atoms with E-state index in [0.717, 1.165) is 6.42 Å². The van der Waals surface area contributed by atoms with Crippen molar-refractivity contribution in [1.29, 1.82) is 0 Å². The van der Waals surface area contributed by atoms with E-state index in [1.54, 1.807) is 0 Å². The minimum absolute atomic E-state index is 0.324. The van der Waals surface area contributed by atoms with Crippen LogP contribution in [-0.4, -0.2) is 0 Å². The fourth-order valence-corrected chi connectivity index (χ4v) is 2.92. The van der Waals surface area contributed by atoms with Crippen molar-refractivity contribution < 1.29 is 0 Å². The largest absolute Gasteiger partial charge is 0.0622 e. The van der Waals surface area contributed by atoms with Gasteiger partial charge in [-0.15, -0.1) is 0 Å². The average molecular weight is 274 g/mol. The van der Waals surface area contributed by atoms with E-state index in [2.05, 4.69) is 87.5 Å². The van der Waals surface area contributed by atoms with Gasteiger partial charge in [-0.3, -0.25) is 0 Å². The van der Waals surface area contributed by atoms with Gasteiger partial charge in [0, 0.05) is 0 Å². The maximum atomic E-state index is 2.34. The van der Waals surface area contributed by atoms with Crippen molar-refractivity contribution in [2.45, 2.75) is 27.2 Å². The monoisotopic (exact) mass is 274 g/mol. The summed E-state index contributed by atoms with van der Waals surface area (Å²) < 4.78 is 0. The molecular weight excluding hydrogens is 252 g/mol. The molecule has 0 bridgehead atoms. The van der Waals surface area contributed by atoms with Gasteiger partial charge in [-0.2, -0.15) is 0 Å². The minimum Gasteiger partial charge on any atom is -0.0622 e. The molecule has 0 saturated heterocycles. The third-order valence-electron chi connectivity index (χ3n) is 3.76. The molecule has 0 aliphatic carbocycles. The van der Waals surface area contributed by atoms with Gasteiger partial charge in [-0.25, -0.2) is 0 Å². The lowest BCUT2D eigenvalue weighted by Gasteiger charge is -2.18. The van der Waals surface area contributed by atoms with E-state index in [9.17, 15) is 0 Å². The van der Waals surface area contributed by atoms with Crippen LogP contribution in [0.25, 0.3) is 21.9 Å². The van der Waals surface area contributed by atoms with Crippen molar-refractivity contribution in [1.82, 2.24) is 0 Å². The van der Waals surface area contributed by atoms with Crippen molar-refractivity contribution in [2.75, 3.05) is 0 Å². The summed E-state index contributed by atoms with van der Waals surface area (Å²) in [5.74, 6) is 0. The lowest BCUT2D eigenvalue weighted by molar-refractivity contribution is 0.411. The molecule has 0 amide bonds. The first-order valence-electron chi connectivity index (χ1n) is 7.60. The smallest absolute Gasteiger partial charge is 0.0105 e. The van der Waals surface area contributed by atoms with Gasteiger partial charge < -0.3 is 0 Å². The molecule has 106 valence electrons. The van der Waals surface area contributed by atoms with Crippen LogP contribution in [0.5, 0.6) is 0 Å². The number of benzene rings is 3. The molecule has 0 saturated carbocycles. The van der Waals surface area contributed by atoms with Crippen LogP contribution in [0.15, 0.2) is 66.7 Å². The van der Waals surface area contributed by atoms with Crippen LogP contribution in [0.3, 0.4) is 0 Å². The van der Waals surface area contributed by atoms with E-state index in [0.29, 0.717) is 5.41 Å². The predicted molar refractivity (Wildman–Crippen MR) is 92.5 cm³/mol. The molecule has 0 atom stereocenters. The van der Waals surface area contributed by atoms with Gasteiger partial charge >= 0.3 is 0 Å². The zero-order chi connectivity index (χ0) is 14.9. The second-order valence-corrected chi connectivity index (χ2v) is 6.96. The Morgan fingerprint density at radius 2 is 1.52 bits per heavy atom. The molecule has 0 aliphatic heterocycles. The number of hydrogen-bond donors (Lipinski definition) is 0. The summed E-state index contributed by atoms with van der Waals surface area (Å²) in [6.07, 6.45) is 1.11. The Morgan fingerprint density at radius 3 is 2.24 bits per heavy atom. The Labute approximate surface area is 127 Å². The van der Waals surface area contributed by atoms with Crippen molar-refractivity contribution in [3.8, 4) is 11.1 Å². The second-order valence-electron chi connectivity index (χ2n) is 6.96. The fraction of sp³-hybridized carbons (Fsp3) is 0.238. The number of fused-ring (bicyclic) bond motifs is 1. The van der Waals surface area contributed by atoms with E-state index in [1.165, 1.54) is 27.5 Å². The summed E-state index contributed by atoms with van der Waals surface area (Å²) >= 11 is 0. The molecule has 0 fully saturated rings. The molecule has 0 unspecified atom stereocenters. The average Bonchev–Trinajstić information content (AvgIpc) is 2.45. The Morgan fingerprint density at radius 1 is 0.762 bits per heavy atom. The van der Waals surface area contributed by atoms with Gasteiger partial charge in [0.1, 0.15) is 0 Å². The van der Waals surface area contributed by atoms with Crippen molar-refractivity contribution in [3.63, 3.8) is 0 Å². The summed E-state index contributed by atoms with van der Waals surface area (Å²) in [4.78, 5) is 0. The Hall–Kier alpha value is -2.08. The molecule has 0 heteroatoms. The normalized spacial score (nSPS) is 11.8. The SMILES string of the molecule is CC(C)(C)Cc1ccc2c(-c3ccccc3)cccc2c1. The molecule has 0 aliphatic rings. The molecule has 0 heterocycles. The molecule has 0 nitrogen and oxygen atoms in total. The summed E-state index contributed by atoms with van der Waals surface area (Å²) in [5, 5.41) is 2.67. The van der Waals surface area contributed by atoms with Gasteiger partial charge in [0.05, 0.1) is 0 Å².